The summed E-state index contributed by atoms with van der Waals surface area (Å²) in [4.78, 5) is 18.0. The Labute approximate surface area is 266 Å². The Bertz CT molecular complexity index is 1610. The topological polar surface area (TPSA) is 47.6 Å². The molecule has 2 aliphatic carbocycles. The quantitative estimate of drug-likeness (QED) is 0.258. The average Bonchev–Trinajstić information content (AvgIpc) is 3.83. The molecule has 3 aromatic rings. The number of halogens is 3. The monoisotopic (exact) mass is 616 g/mol. The van der Waals surface area contributed by atoms with Gasteiger partial charge in [0, 0.05) is 69.6 Å². The Morgan fingerprint density at radius 1 is 0.889 bits per heavy atom. The van der Waals surface area contributed by atoms with Crippen molar-refractivity contribution in [3.8, 4) is 11.1 Å². The summed E-state index contributed by atoms with van der Waals surface area (Å²) in [7, 11) is 0. The number of allylic oxidation sites excluding steroid dienone is 4. The zero-order valence-corrected chi connectivity index (χ0v) is 25.6. The van der Waals surface area contributed by atoms with Gasteiger partial charge in [0.05, 0.1) is 5.56 Å². The molecule has 3 aliphatic rings. The lowest BCUT2D eigenvalue weighted by atomic mass is 9.96. The van der Waals surface area contributed by atoms with Crippen molar-refractivity contribution < 1.29 is 20.8 Å². The minimum Gasteiger partial charge on any atom is -0.372 e. The van der Waals surface area contributed by atoms with E-state index in [9.17, 15) is 18.0 Å². The maximum Gasteiger partial charge on any atom is 0.416 e. The van der Waals surface area contributed by atoms with E-state index in [1.165, 1.54) is 17.8 Å². The van der Waals surface area contributed by atoms with Crippen molar-refractivity contribution in [2.24, 2.45) is 11.8 Å². The standard InChI is InChI=1S/C37H39F3N4O.2H2/c1-24(2)41-36(45)35(27-9-5-4-6-10-27)44-21-19-43(20-22-44)34-18-17-33(31-23-32(31)34)42-25(3)29-11-7-8-12-30(29)26-13-15-28(16-14-26)37(38,39)40;;/h4-18,24,31-32,35,42H,3,19-23H2,1-2H3,(H,41,45);2*1H. The van der Waals surface area contributed by atoms with Crippen LogP contribution < -0.4 is 10.6 Å². The summed E-state index contributed by atoms with van der Waals surface area (Å²) in [5, 5.41) is 6.65. The molecular formula is C37H43F3N4O. The molecule has 1 saturated carbocycles. The Balaban J connectivity index is 0.00000250. The van der Waals surface area contributed by atoms with Gasteiger partial charge in [-0.25, -0.2) is 0 Å². The van der Waals surface area contributed by atoms with Crippen molar-refractivity contribution in [2.75, 3.05) is 26.2 Å². The molecule has 3 unspecified atom stereocenters. The van der Waals surface area contributed by atoms with Gasteiger partial charge in [0.1, 0.15) is 6.04 Å². The number of benzene rings is 3. The summed E-state index contributed by atoms with van der Waals surface area (Å²) in [5.74, 6) is 0.866. The largest absolute Gasteiger partial charge is 0.416 e. The van der Waals surface area contributed by atoms with Crippen molar-refractivity contribution in [3.05, 3.63) is 126 Å². The summed E-state index contributed by atoms with van der Waals surface area (Å²) in [6.07, 6.45) is 1.04. The van der Waals surface area contributed by atoms with Crippen LogP contribution in [0.1, 0.15) is 45.9 Å². The predicted octanol–water partition coefficient (Wildman–Crippen LogP) is 7.73. The first-order valence-electron chi connectivity index (χ1n) is 15.6. The van der Waals surface area contributed by atoms with E-state index in [2.05, 4.69) is 39.2 Å². The summed E-state index contributed by atoms with van der Waals surface area (Å²) < 4.78 is 39.3. The molecule has 6 rings (SSSR count). The number of hydrogen-bond donors (Lipinski definition) is 2. The second kappa shape index (κ2) is 12.6. The molecule has 5 nitrogen and oxygen atoms in total. The number of nitrogens with one attached hydrogen (secondary N) is 2. The highest BCUT2D eigenvalue weighted by Crippen LogP contribution is 2.52. The van der Waals surface area contributed by atoms with Gasteiger partial charge in [-0.05, 0) is 61.2 Å². The van der Waals surface area contributed by atoms with Gasteiger partial charge in [0.25, 0.3) is 0 Å². The zero-order chi connectivity index (χ0) is 31.7. The number of nitrogens with zero attached hydrogens (tertiary/aromatic N) is 2. The third-order valence-corrected chi connectivity index (χ3v) is 8.91. The van der Waals surface area contributed by atoms with Crippen LogP contribution in [0.3, 0.4) is 0 Å². The van der Waals surface area contributed by atoms with Crippen molar-refractivity contribution >= 4 is 11.6 Å². The van der Waals surface area contributed by atoms with E-state index in [1.807, 2.05) is 68.4 Å². The fourth-order valence-electron chi connectivity index (χ4n) is 6.61. The van der Waals surface area contributed by atoms with E-state index in [-0.39, 0.29) is 20.8 Å². The molecular weight excluding hydrogens is 573 g/mol. The van der Waals surface area contributed by atoms with Crippen LogP contribution in [0.2, 0.25) is 0 Å². The first-order chi connectivity index (χ1) is 21.6. The first-order valence-corrected chi connectivity index (χ1v) is 15.6. The van der Waals surface area contributed by atoms with Crippen molar-refractivity contribution in [2.45, 2.75) is 38.5 Å². The predicted molar refractivity (Wildman–Crippen MR) is 177 cm³/mol. The highest BCUT2D eigenvalue weighted by atomic mass is 19.4. The Morgan fingerprint density at radius 2 is 1.56 bits per heavy atom. The molecule has 2 N–H and O–H groups in total. The van der Waals surface area contributed by atoms with Gasteiger partial charge in [-0.15, -0.1) is 0 Å². The molecule has 0 spiro atoms. The highest BCUT2D eigenvalue weighted by molar-refractivity contribution is 5.83. The normalized spacial score (nSPS) is 20.5. The number of hydrogen-bond acceptors (Lipinski definition) is 4. The van der Waals surface area contributed by atoms with E-state index < -0.39 is 11.7 Å². The molecule has 2 fully saturated rings. The summed E-state index contributed by atoms with van der Waals surface area (Å²) >= 11 is 0. The van der Waals surface area contributed by atoms with Crippen LogP contribution >= 0.6 is 0 Å². The maximum atomic E-state index is 13.2. The molecule has 3 aromatic carbocycles. The lowest BCUT2D eigenvalue weighted by molar-refractivity contribution is -0.137. The second-order valence-corrected chi connectivity index (χ2v) is 12.4. The molecule has 1 aliphatic heterocycles. The Hall–Kier alpha value is -4.30. The van der Waals surface area contributed by atoms with Crippen LogP contribution in [0.25, 0.3) is 16.8 Å². The van der Waals surface area contributed by atoms with Crippen LogP contribution in [-0.4, -0.2) is 47.9 Å². The minimum atomic E-state index is -4.37. The smallest absolute Gasteiger partial charge is 0.372 e. The van der Waals surface area contributed by atoms with Gasteiger partial charge in [-0.3, -0.25) is 9.69 Å². The number of piperazine rings is 1. The van der Waals surface area contributed by atoms with Crippen molar-refractivity contribution in [1.82, 2.24) is 20.4 Å². The second-order valence-electron chi connectivity index (χ2n) is 12.4. The van der Waals surface area contributed by atoms with Crippen LogP contribution in [0.5, 0.6) is 0 Å². The number of carbonyl (C=O) groups excluding carboxylic acids is 1. The van der Waals surface area contributed by atoms with Crippen LogP contribution in [0.4, 0.5) is 13.2 Å². The fourth-order valence-corrected chi connectivity index (χ4v) is 6.61. The van der Waals surface area contributed by atoms with Crippen molar-refractivity contribution in [3.63, 3.8) is 0 Å². The van der Waals surface area contributed by atoms with E-state index in [1.54, 1.807) is 0 Å². The molecule has 1 amide bonds. The first kappa shape index (κ1) is 30.7. The maximum absolute atomic E-state index is 13.2. The third-order valence-electron chi connectivity index (χ3n) is 8.91. The van der Waals surface area contributed by atoms with Gasteiger partial charge in [-0.2, -0.15) is 13.2 Å². The number of amides is 1. The molecule has 1 heterocycles. The molecule has 0 radical (unpaired) electrons. The Kier molecular flexibility index (Phi) is 8.60. The summed E-state index contributed by atoms with van der Waals surface area (Å²) in [5.41, 5.74) is 5.94. The molecule has 0 aromatic heterocycles. The van der Waals surface area contributed by atoms with Crippen LogP contribution in [0.15, 0.2) is 109 Å². The van der Waals surface area contributed by atoms with E-state index >= 15 is 0 Å². The zero-order valence-electron chi connectivity index (χ0n) is 25.6. The SMILES string of the molecule is C=C(NC1=CC=C(N2CCN(C(C(=O)NC(C)C)c3ccccc3)CC2)C2CC12)c1ccccc1-c1ccc(C(F)(F)F)cc1.[HH].[HH]. The van der Waals surface area contributed by atoms with Gasteiger partial charge < -0.3 is 15.5 Å². The number of fused-ring (bicyclic) bond motifs is 1. The molecule has 8 heteroatoms. The van der Waals surface area contributed by atoms with E-state index in [4.69, 9.17) is 0 Å². The van der Waals surface area contributed by atoms with E-state index in [0.717, 1.165) is 72.8 Å². The number of carbonyl (C=O) groups is 1. The average molecular weight is 617 g/mol. The molecule has 45 heavy (non-hydrogen) atoms. The fraction of sp³-hybridized carbons (Fsp3) is 0.324. The number of rotatable bonds is 9. The van der Waals surface area contributed by atoms with Gasteiger partial charge in [0.2, 0.25) is 5.91 Å². The van der Waals surface area contributed by atoms with E-state index in [0.29, 0.717) is 17.4 Å². The molecule has 238 valence electrons. The van der Waals surface area contributed by atoms with Crippen LogP contribution in [0, 0.1) is 11.8 Å². The minimum absolute atomic E-state index is 0. The third kappa shape index (κ3) is 6.71. The van der Waals surface area contributed by atoms with Gasteiger partial charge >= 0.3 is 6.18 Å². The lowest BCUT2D eigenvalue weighted by Gasteiger charge is -2.41. The lowest BCUT2D eigenvalue weighted by Crippen LogP contribution is -2.51. The van der Waals surface area contributed by atoms with Gasteiger partial charge in [-0.1, -0.05) is 73.3 Å². The molecule has 0 bridgehead atoms. The van der Waals surface area contributed by atoms with Crippen LogP contribution in [-0.2, 0) is 11.0 Å². The summed E-state index contributed by atoms with van der Waals surface area (Å²) in [6, 6.07) is 22.7. The Morgan fingerprint density at radius 3 is 2.22 bits per heavy atom. The van der Waals surface area contributed by atoms with Gasteiger partial charge in [0.15, 0.2) is 0 Å². The summed E-state index contributed by atoms with van der Waals surface area (Å²) in [6.45, 7) is 11.6. The molecule has 3 atom stereocenters. The number of alkyl halides is 3. The highest BCUT2D eigenvalue weighted by Gasteiger charge is 2.46. The van der Waals surface area contributed by atoms with Crippen molar-refractivity contribution in [1.29, 1.82) is 0 Å². The molecule has 1 saturated heterocycles.